The normalized spacial score (nSPS) is 15.0. The maximum atomic E-state index is 12.9. The number of pyridine rings is 1. The van der Waals surface area contributed by atoms with Crippen LogP contribution in [0.5, 0.6) is 0 Å². The molecule has 0 unspecified atom stereocenters. The molecule has 0 aliphatic carbocycles. The highest BCUT2D eigenvalue weighted by Crippen LogP contribution is 2.29. The molecule has 2 aromatic heterocycles. The summed E-state index contributed by atoms with van der Waals surface area (Å²) in [7, 11) is 0. The minimum atomic E-state index is 0.0196. The number of hydrogen-bond donors (Lipinski definition) is 2. The van der Waals surface area contributed by atoms with Crippen molar-refractivity contribution in [1.82, 2.24) is 14.8 Å². The lowest BCUT2D eigenvalue weighted by Gasteiger charge is -2.19. The van der Waals surface area contributed by atoms with Crippen LogP contribution >= 0.6 is 0 Å². The highest BCUT2D eigenvalue weighted by molar-refractivity contribution is 6.05. The Morgan fingerprint density at radius 2 is 2.08 bits per heavy atom. The number of aromatic amines is 1. The first-order valence-electron chi connectivity index (χ1n) is 8.67. The molecule has 0 atom stereocenters. The van der Waals surface area contributed by atoms with Gasteiger partial charge in [0.05, 0.1) is 10.9 Å². The molecule has 6 nitrogen and oxygen atoms in total. The molecule has 0 saturated carbocycles. The van der Waals surface area contributed by atoms with Crippen molar-refractivity contribution in [3.63, 3.8) is 0 Å². The molecule has 6 heteroatoms. The van der Waals surface area contributed by atoms with Crippen LogP contribution < -0.4 is 16.2 Å². The Morgan fingerprint density at radius 3 is 2.83 bits per heavy atom. The lowest BCUT2D eigenvalue weighted by molar-refractivity contribution is 0.654. The quantitative estimate of drug-likeness (QED) is 0.770. The number of hydrogen-bond acceptors (Lipinski definition) is 4. The Bertz CT molecular complexity index is 949. The summed E-state index contributed by atoms with van der Waals surface area (Å²) < 4.78 is 1.85. The minimum absolute atomic E-state index is 0.0196. The zero-order chi connectivity index (χ0) is 16.7. The fraction of sp³-hybridized carbons (Fsp3) is 0.444. The predicted molar refractivity (Wildman–Crippen MR) is 97.7 cm³/mol. The average Bonchev–Trinajstić information content (AvgIpc) is 3.24. The van der Waals surface area contributed by atoms with Gasteiger partial charge in [-0.2, -0.15) is 5.10 Å². The molecule has 1 saturated heterocycles. The Balaban J connectivity index is 2.00. The maximum absolute atomic E-state index is 12.9. The van der Waals surface area contributed by atoms with E-state index in [9.17, 15) is 4.79 Å². The molecule has 1 fully saturated rings. The van der Waals surface area contributed by atoms with Gasteiger partial charge in [0.2, 0.25) is 0 Å². The van der Waals surface area contributed by atoms with E-state index in [2.05, 4.69) is 33.3 Å². The first-order valence-corrected chi connectivity index (χ1v) is 8.67. The van der Waals surface area contributed by atoms with Gasteiger partial charge in [0.1, 0.15) is 5.52 Å². The van der Waals surface area contributed by atoms with Crippen molar-refractivity contribution in [3.05, 3.63) is 34.2 Å². The van der Waals surface area contributed by atoms with E-state index in [4.69, 9.17) is 5.73 Å². The topological polar surface area (TPSA) is 79.9 Å². The summed E-state index contributed by atoms with van der Waals surface area (Å²) in [4.78, 5) is 15.3. The van der Waals surface area contributed by atoms with E-state index < -0.39 is 0 Å². The maximum Gasteiger partial charge on any atom is 0.262 e. The zero-order valence-corrected chi connectivity index (χ0v) is 14.0. The molecule has 1 aliphatic heterocycles. The molecule has 0 radical (unpaired) electrons. The molecule has 4 rings (SSSR count). The third-order valence-electron chi connectivity index (χ3n) is 4.99. The van der Waals surface area contributed by atoms with Crippen molar-refractivity contribution in [2.75, 3.05) is 24.5 Å². The average molecular weight is 325 g/mol. The second kappa shape index (κ2) is 5.94. The summed E-state index contributed by atoms with van der Waals surface area (Å²) in [5, 5.41) is 9.13. The van der Waals surface area contributed by atoms with Gasteiger partial charge in [-0.05, 0) is 50.9 Å². The largest absolute Gasteiger partial charge is 0.372 e. The van der Waals surface area contributed by atoms with E-state index in [-0.39, 0.29) is 5.56 Å². The fourth-order valence-electron chi connectivity index (χ4n) is 3.72. The van der Waals surface area contributed by atoms with Crippen LogP contribution in [-0.2, 0) is 6.54 Å². The summed E-state index contributed by atoms with van der Waals surface area (Å²) in [6.45, 7) is 5.31. The van der Waals surface area contributed by atoms with Gasteiger partial charge >= 0.3 is 0 Å². The summed E-state index contributed by atoms with van der Waals surface area (Å²) in [5.74, 6) is 0. The Hall–Kier alpha value is -2.34. The van der Waals surface area contributed by atoms with Gasteiger partial charge in [-0.1, -0.05) is 0 Å². The van der Waals surface area contributed by atoms with E-state index in [0.29, 0.717) is 18.5 Å². The Labute approximate surface area is 140 Å². The van der Waals surface area contributed by atoms with E-state index in [0.717, 1.165) is 41.6 Å². The highest BCUT2D eigenvalue weighted by Gasteiger charge is 2.18. The zero-order valence-electron chi connectivity index (χ0n) is 14.0. The fourth-order valence-corrected chi connectivity index (χ4v) is 3.72. The van der Waals surface area contributed by atoms with Crippen LogP contribution in [0.1, 0.15) is 25.0 Å². The van der Waals surface area contributed by atoms with Crippen LogP contribution in [0.25, 0.3) is 21.8 Å². The SMILES string of the molecule is Cc1[nH]nc2c1c(=O)n(CCCN)c1ccc(N3CCCC3)cc21. The van der Waals surface area contributed by atoms with Crippen molar-refractivity contribution >= 4 is 27.5 Å². The Kier molecular flexibility index (Phi) is 3.76. The highest BCUT2D eigenvalue weighted by atomic mass is 16.1. The summed E-state index contributed by atoms with van der Waals surface area (Å²) in [6.07, 6.45) is 3.27. The van der Waals surface area contributed by atoms with E-state index in [1.54, 1.807) is 0 Å². The number of nitrogens with two attached hydrogens (primary N) is 1. The van der Waals surface area contributed by atoms with Crippen LogP contribution in [-0.4, -0.2) is 34.4 Å². The first-order chi connectivity index (χ1) is 11.7. The molecule has 1 aromatic carbocycles. The lowest BCUT2D eigenvalue weighted by Crippen LogP contribution is -2.23. The van der Waals surface area contributed by atoms with Crippen LogP contribution in [0.4, 0.5) is 5.69 Å². The monoisotopic (exact) mass is 325 g/mol. The third kappa shape index (κ3) is 2.29. The number of aryl methyl sites for hydroxylation is 2. The second-order valence-electron chi connectivity index (χ2n) is 6.57. The third-order valence-corrected chi connectivity index (χ3v) is 4.99. The number of fused-ring (bicyclic) bond motifs is 3. The van der Waals surface area contributed by atoms with E-state index >= 15 is 0 Å². The number of aromatic nitrogens is 3. The van der Waals surface area contributed by atoms with Gasteiger partial charge in [-0.3, -0.25) is 9.89 Å². The minimum Gasteiger partial charge on any atom is -0.372 e. The van der Waals surface area contributed by atoms with Gasteiger partial charge in [0, 0.05) is 36.4 Å². The predicted octanol–water partition coefficient (Wildman–Crippen LogP) is 2.14. The van der Waals surface area contributed by atoms with Gasteiger partial charge in [0.15, 0.2) is 0 Å². The van der Waals surface area contributed by atoms with Gasteiger partial charge < -0.3 is 15.2 Å². The molecule has 3 heterocycles. The van der Waals surface area contributed by atoms with Crippen molar-refractivity contribution in [3.8, 4) is 0 Å². The van der Waals surface area contributed by atoms with Crippen molar-refractivity contribution in [2.24, 2.45) is 5.73 Å². The molecule has 0 amide bonds. The molecule has 24 heavy (non-hydrogen) atoms. The number of rotatable bonds is 4. The number of anilines is 1. The summed E-state index contributed by atoms with van der Waals surface area (Å²) in [5.41, 5.74) is 9.43. The van der Waals surface area contributed by atoms with Crippen molar-refractivity contribution in [2.45, 2.75) is 32.7 Å². The second-order valence-corrected chi connectivity index (χ2v) is 6.57. The molecule has 0 bridgehead atoms. The lowest BCUT2D eigenvalue weighted by atomic mass is 10.1. The molecule has 126 valence electrons. The van der Waals surface area contributed by atoms with Crippen LogP contribution in [0.3, 0.4) is 0 Å². The molecule has 3 N–H and O–H groups in total. The number of nitrogens with zero attached hydrogens (tertiary/aromatic N) is 3. The van der Waals surface area contributed by atoms with E-state index in [1.165, 1.54) is 18.5 Å². The standard InChI is InChI=1S/C18H23N5O/c1-12-16-17(21-20-12)14-11-13(22-8-2-3-9-22)5-6-15(14)23(18(16)24)10-4-7-19/h5-6,11H,2-4,7-10,19H2,1H3,(H,20,21). The Morgan fingerprint density at radius 1 is 1.29 bits per heavy atom. The van der Waals surface area contributed by atoms with Gasteiger partial charge in [-0.25, -0.2) is 0 Å². The van der Waals surface area contributed by atoms with Gasteiger partial charge in [0.25, 0.3) is 5.56 Å². The smallest absolute Gasteiger partial charge is 0.262 e. The summed E-state index contributed by atoms with van der Waals surface area (Å²) >= 11 is 0. The van der Waals surface area contributed by atoms with Crippen LogP contribution in [0.15, 0.2) is 23.0 Å². The van der Waals surface area contributed by atoms with Gasteiger partial charge in [-0.15, -0.1) is 0 Å². The first kappa shape index (κ1) is 15.2. The number of benzene rings is 1. The van der Waals surface area contributed by atoms with E-state index in [1.807, 2.05) is 11.5 Å². The number of H-pyrrole nitrogens is 1. The number of nitrogens with one attached hydrogen (secondary N) is 1. The molecular formula is C18H23N5O. The molecule has 3 aromatic rings. The summed E-state index contributed by atoms with van der Waals surface area (Å²) in [6, 6.07) is 6.36. The molecule has 0 spiro atoms. The molecule has 1 aliphatic rings. The molecular weight excluding hydrogens is 302 g/mol. The van der Waals surface area contributed by atoms with Crippen molar-refractivity contribution in [1.29, 1.82) is 0 Å². The van der Waals surface area contributed by atoms with Crippen molar-refractivity contribution < 1.29 is 0 Å². The van der Waals surface area contributed by atoms with Crippen LogP contribution in [0, 0.1) is 6.92 Å². The van der Waals surface area contributed by atoms with Crippen LogP contribution in [0.2, 0.25) is 0 Å².